The first kappa shape index (κ1) is 9.64. The highest BCUT2D eigenvalue weighted by atomic mass is 16.1. The van der Waals surface area contributed by atoms with Gasteiger partial charge in [0.25, 0.3) is 5.56 Å². The Kier molecular flexibility index (Phi) is 2.37. The molecule has 0 saturated carbocycles. The Labute approximate surface area is 86.8 Å². The average molecular weight is 204 g/mol. The van der Waals surface area contributed by atoms with Crippen LogP contribution in [0.4, 0.5) is 0 Å². The molecule has 0 atom stereocenters. The molecule has 15 heavy (non-hydrogen) atoms. The lowest BCUT2D eigenvalue weighted by Crippen LogP contribution is -2.05. The van der Waals surface area contributed by atoms with E-state index in [0.29, 0.717) is 11.9 Å². The zero-order chi connectivity index (χ0) is 10.8. The van der Waals surface area contributed by atoms with Crippen LogP contribution in [0.15, 0.2) is 29.5 Å². The molecule has 5 nitrogen and oxygen atoms in total. The van der Waals surface area contributed by atoms with E-state index in [0.717, 1.165) is 5.56 Å². The predicted molar refractivity (Wildman–Crippen MR) is 56.5 cm³/mol. The van der Waals surface area contributed by atoms with Crippen molar-refractivity contribution in [3.63, 3.8) is 0 Å². The van der Waals surface area contributed by atoms with Crippen LogP contribution >= 0.6 is 0 Å². The molecule has 0 bridgehead atoms. The van der Waals surface area contributed by atoms with E-state index in [2.05, 4.69) is 15.1 Å². The molecule has 0 radical (unpaired) electrons. The molecule has 0 aromatic carbocycles. The Hall–Kier alpha value is -1.91. The van der Waals surface area contributed by atoms with Crippen molar-refractivity contribution in [2.45, 2.75) is 19.9 Å². The van der Waals surface area contributed by atoms with Crippen molar-refractivity contribution in [3.8, 4) is 11.4 Å². The number of aromatic nitrogens is 4. The number of H-pyrrole nitrogens is 1. The van der Waals surface area contributed by atoms with Crippen molar-refractivity contribution in [3.05, 3.63) is 35.0 Å². The molecule has 0 aliphatic rings. The lowest BCUT2D eigenvalue weighted by Gasteiger charge is -2.02. The van der Waals surface area contributed by atoms with E-state index in [1.165, 1.54) is 12.3 Å². The van der Waals surface area contributed by atoms with Gasteiger partial charge in [-0.3, -0.25) is 9.48 Å². The summed E-state index contributed by atoms with van der Waals surface area (Å²) in [7, 11) is 0. The molecule has 0 saturated heterocycles. The number of nitrogens with zero attached hydrogens (tertiary/aromatic N) is 3. The number of hydrogen-bond donors (Lipinski definition) is 1. The van der Waals surface area contributed by atoms with Gasteiger partial charge in [-0.15, -0.1) is 0 Å². The van der Waals surface area contributed by atoms with E-state index < -0.39 is 0 Å². The Morgan fingerprint density at radius 1 is 1.47 bits per heavy atom. The minimum atomic E-state index is -0.155. The fraction of sp³-hybridized carbons (Fsp3) is 0.300. The lowest BCUT2D eigenvalue weighted by molar-refractivity contribution is 0.532. The zero-order valence-corrected chi connectivity index (χ0v) is 8.64. The van der Waals surface area contributed by atoms with E-state index in [1.807, 2.05) is 24.7 Å². The first-order chi connectivity index (χ1) is 7.16. The quantitative estimate of drug-likeness (QED) is 0.799. The average Bonchev–Trinajstić information content (AvgIpc) is 2.66. The Morgan fingerprint density at radius 2 is 2.27 bits per heavy atom. The van der Waals surface area contributed by atoms with Crippen LogP contribution in [0.1, 0.15) is 19.9 Å². The third-order valence-electron chi connectivity index (χ3n) is 2.08. The lowest BCUT2D eigenvalue weighted by atomic mass is 10.3. The van der Waals surface area contributed by atoms with Crippen molar-refractivity contribution in [2.75, 3.05) is 0 Å². The topological polar surface area (TPSA) is 63.6 Å². The van der Waals surface area contributed by atoms with Crippen LogP contribution in [0.5, 0.6) is 0 Å². The first-order valence-electron chi connectivity index (χ1n) is 4.76. The van der Waals surface area contributed by atoms with Crippen molar-refractivity contribution < 1.29 is 0 Å². The summed E-state index contributed by atoms with van der Waals surface area (Å²) < 4.78 is 1.82. The van der Waals surface area contributed by atoms with Crippen LogP contribution < -0.4 is 5.56 Å². The Bertz CT molecular complexity index is 512. The van der Waals surface area contributed by atoms with Crippen molar-refractivity contribution in [1.82, 2.24) is 19.7 Å². The SMILES string of the molecule is CC(C)n1cc(-c2nccc(=O)[nH]2)cn1. The van der Waals surface area contributed by atoms with Crippen LogP contribution in [0, 0.1) is 0 Å². The third-order valence-corrected chi connectivity index (χ3v) is 2.08. The normalized spacial score (nSPS) is 10.9. The summed E-state index contributed by atoms with van der Waals surface area (Å²) in [6.07, 6.45) is 5.04. The highest BCUT2D eigenvalue weighted by Crippen LogP contribution is 2.13. The number of aromatic amines is 1. The van der Waals surface area contributed by atoms with Crippen LogP contribution in [0.3, 0.4) is 0 Å². The molecular weight excluding hydrogens is 192 g/mol. The summed E-state index contributed by atoms with van der Waals surface area (Å²) in [5.74, 6) is 0.550. The summed E-state index contributed by atoms with van der Waals surface area (Å²) in [5.41, 5.74) is 0.665. The molecule has 2 aromatic rings. The summed E-state index contributed by atoms with van der Waals surface area (Å²) in [6, 6.07) is 1.69. The van der Waals surface area contributed by atoms with Crippen LogP contribution in [-0.4, -0.2) is 19.7 Å². The van der Waals surface area contributed by atoms with Gasteiger partial charge in [-0.2, -0.15) is 5.10 Å². The monoisotopic (exact) mass is 204 g/mol. The second kappa shape index (κ2) is 3.68. The van der Waals surface area contributed by atoms with Gasteiger partial charge in [0.05, 0.1) is 11.8 Å². The summed E-state index contributed by atoms with van der Waals surface area (Å²) in [6.45, 7) is 4.08. The number of nitrogens with one attached hydrogen (secondary N) is 1. The summed E-state index contributed by atoms with van der Waals surface area (Å²) >= 11 is 0. The predicted octanol–water partition coefficient (Wildman–Crippen LogP) is 1.21. The molecule has 0 fully saturated rings. The molecule has 0 unspecified atom stereocenters. The number of rotatable bonds is 2. The van der Waals surface area contributed by atoms with Crippen LogP contribution in [0.2, 0.25) is 0 Å². The minimum Gasteiger partial charge on any atom is -0.306 e. The maximum atomic E-state index is 11.1. The van der Waals surface area contributed by atoms with Gasteiger partial charge in [-0.1, -0.05) is 0 Å². The number of hydrogen-bond acceptors (Lipinski definition) is 3. The van der Waals surface area contributed by atoms with Gasteiger partial charge in [0.2, 0.25) is 0 Å². The third kappa shape index (κ3) is 1.96. The highest BCUT2D eigenvalue weighted by molar-refractivity contribution is 5.51. The first-order valence-corrected chi connectivity index (χ1v) is 4.76. The molecule has 1 N–H and O–H groups in total. The Morgan fingerprint density at radius 3 is 2.87 bits per heavy atom. The standard InChI is InChI=1S/C10H12N4O/c1-7(2)14-6-8(5-12-14)10-11-4-3-9(15)13-10/h3-7H,1-2H3,(H,11,13,15). The molecule has 0 spiro atoms. The maximum absolute atomic E-state index is 11.1. The molecule has 0 aliphatic heterocycles. The van der Waals surface area contributed by atoms with Gasteiger partial charge >= 0.3 is 0 Å². The fourth-order valence-electron chi connectivity index (χ4n) is 1.26. The van der Waals surface area contributed by atoms with E-state index in [9.17, 15) is 4.79 Å². The molecular formula is C10H12N4O. The second-order valence-corrected chi connectivity index (χ2v) is 3.59. The molecule has 78 valence electrons. The maximum Gasteiger partial charge on any atom is 0.251 e. The fourth-order valence-corrected chi connectivity index (χ4v) is 1.26. The second-order valence-electron chi connectivity index (χ2n) is 3.59. The summed E-state index contributed by atoms with van der Waals surface area (Å²) in [4.78, 5) is 17.8. The van der Waals surface area contributed by atoms with Gasteiger partial charge in [0, 0.05) is 24.5 Å². The smallest absolute Gasteiger partial charge is 0.251 e. The molecule has 2 heterocycles. The van der Waals surface area contributed by atoms with Gasteiger partial charge in [0.15, 0.2) is 0 Å². The Balaban J connectivity index is 2.41. The highest BCUT2D eigenvalue weighted by Gasteiger charge is 2.05. The summed E-state index contributed by atoms with van der Waals surface area (Å²) in [5, 5.41) is 4.18. The van der Waals surface area contributed by atoms with Crippen LogP contribution in [0.25, 0.3) is 11.4 Å². The molecule has 5 heteroatoms. The van der Waals surface area contributed by atoms with E-state index in [1.54, 1.807) is 6.20 Å². The van der Waals surface area contributed by atoms with Gasteiger partial charge in [-0.25, -0.2) is 4.98 Å². The van der Waals surface area contributed by atoms with Crippen LogP contribution in [-0.2, 0) is 0 Å². The van der Waals surface area contributed by atoms with Crippen molar-refractivity contribution >= 4 is 0 Å². The van der Waals surface area contributed by atoms with E-state index >= 15 is 0 Å². The van der Waals surface area contributed by atoms with Gasteiger partial charge < -0.3 is 4.98 Å². The van der Waals surface area contributed by atoms with E-state index in [4.69, 9.17) is 0 Å². The van der Waals surface area contributed by atoms with Crippen molar-refractivity contribution in [1.29, 1.82) is 0 Å². The molecule has 0 aliphatic carbocycles. The molecule has 2 aromatic heterocycles. The largest absolute Gasteiger partial charge is 0.306 e. The minimum absolute atomic E-state index is 0.155. The van der Waals surface area contributed by atoms with E-state index in [-0.39, 0.29) is 5.56 Å². The molecule has 0 amide bonds. The van der Waals surface area contributed by atoms with Gasteiger partial charge in [0.1, 0.15) is 5.82 Å². The zero-order valence-electron chi connectivity index (χ0n) is 8.64. The van der Waals surface area contributed by atoms with Crippen molar-refractivity contribution in [2.24, 2.45) is 0 Å². The molecule has 2 rings (SSSR count). The van der Waals surface area contributed by atoms with Gasteiger partial charge in [-0.05, 0) is 13.8 Å².